The fourth-order valence-electron chi connectivity index (χ4n) is 2.83. The Balaban J connectivity index is 2.01. The topological polar surface area (TPSA) is 70.5 Å². The molecule has 1 aliphatic carbocycles. The van der Waals surface area contributed by atoms with Crippen LogP contribution >= 0.6 is 11.3 Å². The third-order valence-corrected chi connectivity index (χ3v) is 4.81. The van der Waals surface area contributed by atoms with Gasteiger partial charge in [0.05, 0.1) is 11.2 Å². The third kappa shape index (κ3) is 3.00. The van der Waals surface area contributed by atoms with E-state index >= 15 is 0 Å². The minimum absolute atomic E-state index is 0.109. The molecule has 0 radical (unpaired) electrons. The second-order valence-corrected chi connectivity index (χ2v) is 6.05. The van der Waals surface area contributed by atoms with Gasteiger partial charge in [0.2, 0.25) is 5.91 Å². The normalized spacial score (nSPS) is 17.6. The molecule has 0 aromatic carbocycles. The molecule has 1 saturated carbocycles. The Hall–Kier alpha value is -1.43. The molecule has 0 saturated heterocycles. The van der Waals surface area contributed by atoms with Gasteiger partial charge < -0.3 is 10.0 Å². The van der Waals surface area contributed by atoms with E-state index in [1.807, 2.05) is 5.38 Å². The van der Waals surface area contributed by atoms with Gasteiger partial charge in [0.1, 0.15) is 5.54 Å². The smallest absolute Gasteiger partial charge is 0.329 e. The number of aromatic nitrogens is 1. The van der Waals surface area contributed by atoms with Crippen LogP contribution < -0.4 is 0 Å². The molecule has 110 valence electrons. The average molecular weight is 296 g/mol. The van der Waals surface area contributed by atoms with Crippen LogP contribution in [0.2, 0.25) is 0 Å². The molecule has 2 rings (SSSR count). The van der Waals surface area contributed by atoms with Crippen molar-refractivity contribution >= 4 is 23.2 Å². The van der Waals surface area contributed by atoms with Crippen molar-refractivity contribution in [1.29, 1.82) is 0 Å². The molecule has 6 heteroatoms. The van der Waals surface area contributed by atoms with Crippen LogP contribution in [0.3, 0.4) is 0 Å². The molecular weight excluding hydrogens is 276 g/mol. The first kappa shape index (κ1) is 15.0. The zero-order valence-corrected chi connectivity index (χ0v) is 12.5. The number of thiazole rings is 1. The fourth-order valence-corrected chi connectivity index (χ4v) is 3.42. The molecule has 0 spiro atoms. The summed E-state index contributed by atoms with van der Waals surface area (Å²) in [6, 6.07) is 0. The van der Waals surface area contributed by atoms with Crippen molar-refractivity contribution in [3.63, 3.8) is 0 Å². The minimum Gasteiger partial charge on any atom is -0.479 e. The molecule has 1 fully saturated rings. The SMILES string of the molecule is CN(C(=O)CCc1cscn1)C1(C(=O)O)CCCCC1. The fraction of sp³-hybridized carbons (Fsp3) is 0.643. The van der Waals surface area contributed by atoms with Crippen LogP contribution in [0.1, 0.15) is 44.2 Å². The summed E-state index contributed by atoms with van der Waals surface area (Å²) in [6.45, 7) is 0. The predicted molar refractivity (Wildman–Crippen MR) is 76.7 cm³/mol. The quantitative estimate of drug-likeness (QED) is 0.905. The van der Waals surface area contributed by atoms with E-state index in [4.69, 9.17) is 0 Å². The monoisotopic (exact) mass is 296 g/mol. The van der Waals surface area contributed by atoms with Crippen LogP contribution in [-0.4, -0.2) is 39.5 Å². The summed E-state index contributed by atoms with van der Waals surface area (Å²) in [7, 11) is 1.63. The Morgan fingerprint density at radius 1 is 1.40 bits per heavy atom. The van der Waals surface area contributed by atoms with E-state index in [-0.39, 0.29) is 5.91 Å². The van der Waals surface area contributed by atoms with E-state index in [0.29, 0.717) is 25.7 Å². The van der Waals surface area contributed by atoms with Crippen LogP contribution in [0.25, 0.3) is 0 Å². The van der Waals surface area contributed by atoms with E-state index in [2.05, 4.69) is 4.98 Å². The molecule has 0 atom stereocenters. The molecule has 0 aliphatic heterocycles. The van der Waals surface area contributed by atoms with Gasteiger partial charge in [-0.1, -0.05) is 19.3 Å². The second-order valence-electron chi connectivity index (χ2n) is 5.33. The number of nitrogens with zero attached hydrogens (tertiary/aromatic N) is 2. The van der Waals surface area contributed by atoms with Crippen LogP contribution in [0.4, 0.5) is 0 Å². The molecule has 0 bridgehead atoms. The maximum atomic E-state index is 12.3. The van der Waals surface area contributed by atoms with Crippen LogP contribution in [0.5, 0.6) is 0 Å². The summed E-state index contributed by atoms with van der Waals surface area (Å²) in [6.07, 6.45) is 4.79. The highest BCUT2D eigenvalue weighted by Crippen LogP contribution is 2.33. The van der Waals surface area contributed by atoms with Crippen molar-refractivity contribution in [2.45, 2.75) is 50.5 Å². The summed E-state index contributed by atoms with van der Waals surface area (Å²) in [4.78, 5) is 29.5. The van der Waals surface area contributed by atoms with Gasteiger partial charge in [0, 0.05) is 18.8 Å². The maximum Gasteiger partial charge on any atom is 0.329 e. The molecule has 1 amide bonds. The number of hydrogen-bond acceptors (Lipinski definition) is 4. The molecule has 20 heavy (non-hydrogen) atoms. The lowest BCUT2D eigenvalue weighted by molar-refractivity contribution is -0.160. The lowest BCUT2D eigenvalue weighted by Crippen LogP contribution is -2.56. The summed E-state index contributed by atoms with van der Waals surface area (Å²) >= 11 is 1.50. The van der Waals surface area contributed by atoms with E-state index in [0.717, 1.165) is 25.0 Å². The van der Waals surface area contributed by atoms with Crippen molar-refractivity contribution in [3.8, 4) is 0 Å². The highest BCUT2D eigenvalue weighted by atomic mass is 32.1. The summed E-state index contributed by atoms with van der Waals surface area (Å²) in [5.41, 5.74) is 1.63. The first-order valence-corrected chi connectivity index (χ1v) is 7.88. The largest absolute Gasteiger partial charge is 0.479 e. The number of carbonyl (C=O) groups excluding carboxylic acids is 1. The molecule has 1 N–H and O–H groups in total. The molecule has 1 aliphatic rings. The van der Waals surface area contributed by atoms with E-state index < -0.39 is 11.5 Å². The average Bonchev–Trinajstić information content (AvgIpc) is 2.97. The molecule has 5 nitrogen and oxygen atoms in total. The zero-order valence-electron chi connectivity index (χ0n) is 11.7. The Labute approximate surface area is 122 Å². The van der Waals surface area contributed by atoms with Gasteiger partial charge in [-0.05, 0) is 19.3 Å². The van der Waals surface area contributed by atoms with Gasteiger partial charge in [-0.25, -0.2) is 9.78 Å². The van der Waals surface area contributed by atoms with Crippen LogP contribution in [0, 0.1) is 0 Å². The van der Waals surface area contributed by atoms with Gasteiger partial charge in [-0.3, -0.25) is 4.79 Å². The highest BCUT2D eigenvalue weighted by Gasteiger charge is 2.45. The lowest BCUT2D eigenvalue weighted by atomic mass is 9.80. The third-order valence-electron chi connectivity index (χ3n) is 4.17. The number of hydrogen-bond donors (Lipinski definition) is 1. The molecule has 1 aromatic rings. The molecule has 0 unspecified atom stereocenters. The summed E-state index contributed by atoms with van der Waals surface area (Å²) in [5.74, 6) is -0.982. The molecule has 1 aromatic heterocycles. The van der Waals surface area contributed by atoms with Crippen molar-refractivity contribution in [2.24, 2.45) is 0 Å². The Morgan fingerprint density at radius 2 is 2.10 bits per heavy atom. The molecular formula is C14H20N2O3S. The van der Waals surface area contributed by atoms with Crippen LogP contribution in [0.15, 0.2) is 10.9 Å². The van der Waals surface area contributed by atoms with E-state index in [9.17, 15) is 14.7 Å². The predicted octanol–water partition coefficient (Wildman–Crippen LogP) is 2.32. The maximum absolute atomic E-state index is 12.3. The number of aryl methyl sites for hydroxylation is 1. The first-order valence-electron chi connectivity index (χ1n) is 6.93. The second kappa shape index (κ2) is 6.35. The van der Waals surface area contributed by atoms with Gasteiger partial charge >= 0.3 is 5.97 Å². The number of rotatable bonds is 5. The van der Waals surface area contributed by atoms with Gasteiger partial charge in [-0.2, -0.15) is 0 Å². The van der Waals surface area contributed by atoms with Gasteiger partial charge in [0.25, 0.3) is 0 Å². The van der Waals surface area contributed by atoms with E-state index in [1.54, 1.807) is 12.6 Å². The van der Waals surface area contributed by atoms with E-state index in [1.165, 1.54) is 16.2 Å². The number of carboxylic acids is 1. The van der Waals surface area contributed by atoms with Gasteiger partial charge in [0.15, 0.2) is 0 Å². The number of carbonyl (C=O) groups is 2. The lowest BCUT2D eigenvalue weighted by Gasteiger charge is -2.41. The standard InChI is InChI=1S/C14H20N2O3S/c1-16(12(17)6-5-11-9-20-10-15-11)14(13(18)19)7-3-2-4-8-14/h9-10H,2-8H2,1H3,(H,18,19). The summed E-state index contributed by atoms with van der Waals surface area (Å²) < 4.78 is 0. The highest BCUT2D eigenvalue weighted by molar-refractivity contribution is 7.07. The minimum atomic E-state index is -1.00. The van der Waals surface area contributed by atoms with Gasteiger partial charge in [-0.15, -0.1) is 11.3 Å². The first-order chi connectivity index (χ1) is 9.56. The van der Waals surface area contributed by atoms with Crippen LogP contribution in [-0.2, 0) is 16.0 Å². The van der Waals surface area contributed by atoms with Crippen molar-refractivity contribution in [1.82, 2.24) is 9.88 Å². The number of aliphatic carboxylic acids is 1. The Kier molecular flexibility index (Phi) is 4.75. The zero-order chi connectivity index (χ0) is 14.6. The van der Waals surface area contributed by atoms with Crippen molar-refractivity contribution < 1.29 is 14.7 Å². The Morgan fingerprint density at radius 3 is 2.65 bits per heavy atom. The number of amides is 1. The summed E-state index contributed by atoms with van der Waals surface area (Å²) in [5, 5.41) is 11.5. The number of carboxylic acid groups (broad SMARTS) is 1. The van der Waals surface area contributed by atoms with Crippen molar-refractivity contribution in [3.05, 3.63) is 16.6 Å². The Bertz CT molecular complexity index is 467. The van der Waals surface area contributed by atoms with Crippen molar-refractivity contribution in [2.75, 3.05) is 7.05 Å². The molecule has 1 heterocycles. The number of likely N-dealkylation sites (N-methyl/N-ethyl adjacent to an activating group) is 1.